The van der Waals surface area contributed by atoms with Gasteiger partial charge in [0.05, 0.1) is 25.8 Å². The number of carbonyl (C=O) groups excluding carboxylic acids is 2. The van der Waals surface area contributed by atoms with Crippen LogP contribution in [0.15, 0.2) is 0 Å². The van der Waals surface area contributed by atoms with Crippen LogP contribution < -0.4 is 5.32 Å². The molecule has 0 aliphatic carbocycles. The number of piperidine rings is 1. The Balaban J connectivity index is 1.44. The fourth-order valence-corrected chi connectivity index (χ4v) is 3.73. The molecule has 0 aromatic carbocycles. The van der Waals surface area contributed by atoms with E-state index in [9.17, 15) is 9.59 Å². The van der Waals surface area contributed by atoms with Gasteiger partial charge in [-0.3, -0.25) is 14.5 Å². The normalized spacial score (nSPS) is 28.2. The highest BCUT2D eigenvalue weighted by molar-refractivity contribution is 5.86. The summed E-state index contributed by atoms with van der Waals surface area (Å²) in [5.41, 5.74) is 0. The number of morpholine rings is 1. The number of ether oxygens (including phenoxy) is 1. The first-order valence-electron chi connectivity index (χ1n) is 8.75. The number of hydrogen-bond donors (Lipinski definition) is 1. The van der Waals surface area contributed by atoms with Gasteiger partial charge in [-0.1, -0.05) is 0 Å². The van der Waals surface area contributed by atoms with E-state index in [4.69, 9.17) is 4.74 Å². The molecule has 23 heavy (non-hydrogen) atoms. The summed E-state index contributed by atoms with van der Waals surface area (Å²) in [6.45, 7) is 8.52. The minimum absolute atomic E-state index is 0.0294. The van der Waals surface area contributed by atoms with Crippen molar-refractivity contribution in [3.8, 4) is 0 Å². The van der Waals surface area contributed by atoms with Crippen molar-refractivity contribution in [2.75, 3.05) is 59.0 Å². The third kappa shape index (κ3) is 4.22. The van der Waals surface area contributed by atoms with E-state index in [2.05, 4.69) is 17.1 Å². The fourth-order valence-electron chi connectivity index (χ4n) is 3.73. The minimum atomic E-state index is 0.0294. The van der Waals surface area contributed by atoms with Crippen molar-refractivity contribution in [1.29, 1.82) is 0 Å². The second kappa shape index (κ2) is 7.59. The molecule has 0 aromatic heterocycles. The molecular weight excluding hydrogens is 296 g/mol. The molecular formula is C16H28N4O3. The van der Waals surface area contributed by atoms with Crippen LogP contribution in [0.3, 0.4) is 0 Å². The minimum Gasteiger partial charge on any atom is -0.376 e. The van der Waals surface area contributed by atoms with Crippen molar-refractivity contribution >= 4 is 11.8 Å². The molecule has 0 aromatic rings. The van der Waals surface area contributed by atoms with Crippen LogP contribution in [0.2, 0.25) is 0 Å². The number of likely N-dealkylation sites (tertiary alicyclic amines) is 1. The van der Waals surface area contributed by atoms with Crippen LogP contribution in [-0.2, 0) is 14.3 Å². The topological polar surface area (TPSA) is 65.1 Å². The lowest BCUT2D eigenvalue weighted by Crippen LogP contribution is -2.55. The lowest BCUT2D eigenvalue weighted by atomic mass is 10.0. The van der Waals surface area contributed by atoms with E-state index < -0.39 is 0 Å². The molecule has 3 rings (SSSR count). The summed E-state index contributed by atoms with van der Waals surface area (Å²) in [4.78, 5) is 30.3. The first-order chi connectivity index (χ1) is 11.1. The van der Waals surface area contributed by atoms with Gasteiger partial charge in [-0.15, -0.1) is 0 Å². The molecule has 0 bridgehead atoms. The SMILES string of the molecule is CC1CN(C2CCN(C(=O)CN3CCNCC3=O)CC2)CCO1. The maximum Gasteiger partial charge on any atom is 0.242 e. The van der Waals surface area contributed by atoms with Gasteiger partial charge in [-0.05, 0) is 19.8 Å². The van der Waals surface area contributed by atoms with Crippen LogP contribution in [-0.4, -0.2) is 97.6 Å². The molecule has 3 fully saturated rings. The smallest absolute Gasteiger partial charge is 0.242 e. The second-order valence-corrected chi connectivity index (χ2v) is 6.78. The van der Waals surface area contributed by atoms with Gasteiger partial charge in [-0.25, -0.2) is 0 Å². The third-order valence-corrected chi connectivity index (χ3v) is 5.12. The number of nitrogens with one attached hydrogen (secondary N) is 1. The maximum atomic E-state index is 12.4. The van der Waals surface area contributed by atoms with Gasteiger partial charge in [0, 0.05) is 45.3 Å². The third-order valence-electron chi connectivity index (χ3n) is 5.12. The Morgan fingerprint density at radius 1 is 1.26 bits per heavy atom. The quantitative estimate of drug-likeness (QED) is 0.731. The molecule has 1 unspecified atom stereocenters. The van der Waals surface area contributed by atoms with Crippen LogP contribution >= 0.6 is 0 Å². The monoisotopic (exact) mass is 324 g/mol. The molecule has 3 aliphatic rings. The summed E-state index contributed by atoms with van der Waals surface area (Å²) in [6.07, 6.45) is 2.35. The summed E-state index contributed by atoms with van der Waals surface area (Å²) in [5, 5.41) is 3.03. The highest BCUT2D eigenvalue weighted by Gasteiger charge is 2.30. The number of amides is 2. The first kappa shape index (κ1) is 16.7. The zero-order valence-corrected chi connectivity index (χ0v) is 14.0. The maximum absolute atomic E-state index is 12.4. The van der Waals surface area contributed by atoms with Crippen LogP contribution in [0.1, 0.15) is 19.8 Å². The Bertz CT molecular complexity index is 437. The van der Waals surface area contributed by atoms with E-state index in [1.54, 1.807) is 4.90 Å². The van der Waals surface area contributed by atoms with Crippen LogP contribution in [0, 0.1) is 0 Å². The summed E-state index contributed by atoms with van der Waals surface area (Å²) in [5.74, 6) is 0.121. The lowest BCUT2D eigenvalue weighted by molar-refractivity contribution is -0.142. The largest absolute Gasteiger partial charge is 0.376 e. The molecule has 7 heteroatoms. The van der Waals surface area contributed by atoms with Crippen LogP contribution in [0.25, 0.3) is 0 Å². The van der Waals surface area contributed by atoms with Crippen molar-refractivity contribution in [2.45, 2.75) is 31.9 Å². The molecule has 2 amide bonds. The molecule has 3 heterocycles. The number of rotatable bonds is 3. The number of hydrogen-bond acceptors (Lipinski definition) is 5. The summed E-state index contributed by atoms with van der Waals surface area (Å²) in [6, 6.07) is 0.561. The van der Waals surface area contributed by atoms with Gasteiger partial charge >= 0.3 is 0 Å². The zero-order valence-electron chi connectivity index (χ0n) is 14.0. The van der Waals surface area contributed by atoms with E-state index in [1.165, 1.54) is 0 Å². The molecule has 130 valence electrons. The predicted octanol–water partition coefficient (Wildman–Crippen LogP) is -0.870. The van der Waals surface area contributed by atoms with E-state index in [0.29, 0.717) is 25.2 Å². The highest BCUT2D eigenvalue weighted by Crippen LogP contribution is 2.19. The zero-order chi connectivity index (χ0) is 16.2. The van der Waals surface area contributed by atoms with E-state index >= 15 is 0 Å². The Kier molecular flexibility index (Phi) is 5.50. The molecule has 0 spiro atoms. The van der Waals surface area contributed by atoms with Crippen LogP contribution in [0.5, 0.6) is 0 Å². The van der Waals surface area contributed by atoms with Crippen LogP contribution in [0.4, 0.5) is 0 Å². The number of nitrogens with zero attached hydrogens (tertiary/aromatic N) is 3. The van der Waals surface area contributed by atoms with Gasteiger partial charge in [0.25, 0.3) is 0 Å². The summed E-state index contributed by atoms with van der Waals surface area (Å²) in [7, 11) is 0. The Morgan fingerprint density at radius 3 is 2.74 bits per heavy atom. The fraction of sp³-hybridized carbons (Fsp3) is 0.875. The second-order valence-electron chi connectivity index (χ2n) is 6.78. The van der Waals surface area contributed by atoms with Gasteiger partial charge in [0.2, 0.25) is 11.8 Å². The molecule has 3 aliphatic heterocycles. The van der Waals surface area contributed by atoms with Crippen molar-refractivity contribution in [2.24, 2.45) is 0 Å². The molecule has 1 atom stereocenters. The number of piperazine rings is 1. The molecule has 7 nitrogen and oxygen atoms in total. The van der Waals surface area contributed by atoms with Gasteiger partial charge in [-0.2, -0.15) is 0 Å². The van der Waals surface area contributed by atoms with Gasteiger partial charge in [0.15, 0.2) is 0 Å². The average molecular weight is 324 g/mol. The summed E-state index contributed by atoms with van der Waals surface area (Å²) < 4.78 is 5.60. The average Bonchev–Trinajstić information content (AvgIpc) is 2.57. The molecule has 3 saturated heterocycles. The Labute approximate surface area is 137 Å². The van der Waals surface area contributed by atoms with Crippen molar-refractivity contribution in [1.82, 2.24) is 20.0 Å². The lowest BCUT2D eigenvalue weighted by Gasteiger charge is -2.42. The molecule has 0 radical (unpaired) electrons. The van der Waals surface area contributed by atoms with Gasteiger partial charge in [0.1, 0.15) is 0 Å². The van der Waals surface area contributed by atoms with E-state index in [1.807, 2.05) is 4.90 Å². The van der Waals surface area contributed by atoms with Crippen molar-refractivity contribution in [3.05, 3.63) is 0 Å². The predicted molar refractivity (Wildman–Crippen MR) is 86.0 cm³/mol. The number of carbonyl (C=O) groups is 2. The van der Waals surface area contributed by atoms with Crippen molar-refractivity contribution < 1.29 is 14.3 Å². The van der Waals surface area contributed by atoms with E-state index in [0.717, 1.165) is 52.2 Å². The Morgan fingerprint density at radius 2 is 2.04 bits per heavy atom. The highest BCUT2D eigenvalue weighted by atomic mass is 16.5. The summed E-state index contributed by atoms with van der Waals surface area (Å²) >= 11 is 0. The van der Waals surface area contributed by atoms with Gasteiger partial charge < -0.3 is 19.9 Å². The standard InChI is InChI=1S/C16H28N4O3/c1-13-11-19(8-9-23-13)14-2-5-18(6-3-14)16(22)12-20-7-4-17-10-15(20)21/h13-14,17H,2-12H2,1H3. The molecule has 1 N–H and O–H groups in total. The first-order valence-corrected chi connectivity index (χ1v) is 8.75. The van der Waals surface area contributed by atoms with Crippen molar-refractivity contribution in [3.63, 3.8) is 0 Å². The Hall–Kier alpha value is -1.18. The molecule has 0 saturated carbocycles. The van der Waals surface area contributed by atoms with E-state index in [-0.39, 0.29) is 18.4 Å².